The van der Waals surface area contributed by atoms with Crippen molar-refractivity contribution in [3.05, 3.63) is 33.6 Å². The first-order chi connectivity index (χ1) is 7.74. The summed E-state index contributed by atoms with van der Waals surface area (Å²) in [6.45, 7) is 0. The zero-order valence-corrected chi connectivity index (χ0v) is 10.9. The lowest BCUT2D eigenvalue weighted by atomic mass is 10.4. The second kappa shape index (κ2) is 3.80. The second-order valence-corrected chi connectivity index (χ2v) is 5.21. The molecular weight excluding hydrogens is 312 g/mol. The van der Waals surface area contributed by atoms with Gasteiger partial charge >= 0.3 is 0 Å². The first-order valence-electron chi connectivity index (χ1n) is 4.35. The molecule has 0 saturated heterocycles. The third kappa shape index (κ3) is 1.63. The van der Waals surface area contributed by atoms with Gasteiger partial charge in [-0.05, 0) is 39.0 Å². The average Bonchev–Trinajstić information content (AvgIpc) is 2.84. The zero-order chi connectivity index (χ0) is 11.1. The summed E-state index contributed by atoms with van der Waals surface area (Å²) < 4.78 is 2.57. The van der Waals surface area contributed by atoms with Crippen molar-refractivity contribution in [3.8, 4) is 5.82 Å². The Morgan fingerprint density at radius 3 is 3.00 bits per heavy atom. The Morgan fingerprint density at radius 2 is 2.25 bits per heavy atom. The quantitative estimate of drug-likeness (QED) is 0.647. The molecule has 7 heteroatoms. The molecule has 16 heavy (non-hydrogen) atoms. The molecule has 0 aliphatic carbocycles. The van der Waals surface area contributed by atoms with Crippen molar-refractivity contribution in [2.75, 3.05) is 0 Å². The highest BCUT2D eigenvalue weighted by atomic mass is 79.9. The van der Waals surface area contributed by atoms with E-state index in [0.29, 0.717) is 5.82 Å². The maximum atomic E-state index is 5.87. The number of fused-ring (bicyclic) bond motifs is 1. The van der Waals surface area contributed by atoms with Gasteiger partial charge in [-0.3, -0.25) is 0 Å². The molecule has 0 radical (unpaired) electrons. The van der Waals surface area contributed by atoms with E-state index in [0.717, 1.165) is 14.7 Å². The Bertz CT molecular complexity index is 662. The van der Waals surface area contributed by atoms with Gasteiger partial charge in [-0.25, -0.2) is 9.67 Å². The molecule has 0 spiro atoms. The second-order valence-electron chi connectivity index (χ2n) is 3.06. The summed E-state index contributed by atoms with van der Waals surface area (Å²) in [5.74, 6) is 0.696. The topological polar surface area (TPSA) is 43.6 Å². The summed E-state index contributed by atoms with van der Waals surface area (Å²) in [7, 11) is 0. The molecule has 0 saturated carbocycles. The smallest absolute Gasteiger partial charge is 0.221 e. The standard InChI is InChI=1S/C9H4BrClN4S/c10-5-3-12-15(4-5)7-6-1-2-16-8(6)14-9(11)13-7/h1-4H. The average molecular weight is 316 g/mol. The summed E-state index contributed by atoms with van der Waals surface area (Å²) in [4.78, 5) is 9.21. The lowest BCUT2D eigenvalue weighted by molar-refractivity contribution is 0.852. The highest BCUT2D eigenvalue weighted by molar-refractivity contribution is 9.10. The first-order valence-corrected chi connectivity index (χ1v) is 6.40. The van der Waals surface area contributed by atoms with Gasteiger partial charge in [0.25, 0.3) is 0 Å². The van der Waals surface area contributed by atoms with Gasteiger partial charge in [-0.15, -0.1) is 11.3 Å². The molecule has 0 aliphatic heterocycles. The van der Waals surface area contributed by atoms with Crippen molar-refractivity contribution in [1.82, 2.24) is 19.7 Å². The van der Waals surface area contributed by atoms with Gasteiger partial charge in [-0.1, -0.05) is 0 Å². The fourth-order valence-electron chi connectivity index (χ4n) is 1.41. The molecule has 0 aliphatic rings. The predicted octanol–water partition coefficient (Wildman–Crippen LogP) is 3.29. The maximum Gasteiger partial charge on any atom is 0.225 e. The van der Waals surface area contributed by atoms with Crippen molar-refractivity contribution >= 4 is 49.1 Å². The molecular formula is C9H4BrClN4S. The molecule has 0 bridgehead atoms. The Hall–Kier alpha value is -0.980. The van der Waals surface area contributed by atoms with Crippen LogP contribution in [0, 0.1) is 0 Å². The zero-order valence-electron chi connectivity index (χ0n) is 7.76. The fraction of sp³-hybridized carbons (Fsp3) is 0. The van der Waals surface area contributed by atoms with Crippen molar-refractivity contribution in [2.45, 2.75) is 0 Å². The Labute approximate surface area is 108 Å². The molecule has 3 aromatic rings. The Balaban J connectivity index is 2.33. The highest BCUT2D eigenvalue weighted by Gasteiger charge is 2.10. The van der Waals surface area contributed by atoms with Crippen LogP contribution in [-0.2, 0) is 0 Å². The van der Waals surface area contributed by atoms with Crippen LogP contribution in [0.5, 0.6) is 0 Å². The summed E-state index contributed by atoms with van der Waals surface area (Å²) in [5, 5.41) is 7.32. The Morgan fingerprint density at radius 1 is 1.38 bits per heavy atom. The summed E-state index contributed by atoms with van der Waals surface area (Å²) in [5.41, 5.74) is 0. The van der Waals surface area contributed by atoms with Gasteiger partial charge in [-0.2, -0.15) is 10.1 Å². The summed E-state index contributed by atoms with van der Waals surface area (Å²) >= 11 is 10.7. The largest absolute Gasteiger partial charge is 0.225 e. The number of nitrogens with zero attached hydrogens (tertiary/aromatic N) is 4. The molecule has 0 fully saturated rings. The molecule has 0 amide bonds. The van der Waals surface area contributed by atoms with Crippen LogP contribution in [0.3, 0.4) is 0 Å². The van der Waals surface area contributed by atoms with Gasteiger partial charge in [0, 0.05) is 6.20 Å². The molecule has 4 nitrogen and oxygen atoms in total. The van der Waals surface area contributed by atoms with Gasteiger partial charge in [0.05, 0.1) is 16.1 Å². The van der Waals surface area contributed by atoms with Crippen LogP contribution in [-0.4, -0.2) is 19.7 Å². The summed E-state index contributed by atoms with van der Waals surface area (Å²) in [6.07, 6.45) is 3.53. The summed E-state index contributed by atoms with van der Waals surface area (Å²) in [6, 6.07) is 1.96. The van der Waals surface area contributed by atoms with Crippen molar-refractivity contribution < 1.29 is 0 Å². The monoisotopic (exact) mass is 314 g/mol. The lowest BCUT2D eigenvalue weighted by Crippen LogP contribution is -1.99. The van der Waals surface area contributed by atoms with Crippen LogP contribution in [0.4, 0.5) is 0 Å². The third-order valence-corrected chi connectivity index (χ3v) is 3.43. The van der Waals surface area contributed by atoms with E-state index >= 15 is 0 Å². The van der Waals surface area contributed by atoms with Gasteiger partial charge in [0.15, 0.2) is 5.82 Å². The van der Waals surface area contributed by atoms with Crippen LogP contribution < -0.4 is 0 Å². The molecule has 3 heterocycles. The van der Waals surface area contributed by atoms with Crippen molar-refractivity contribution in [2.24, 2.45) is 0 Å². The SMILES string of the molecule is Clc1nc(-n2cc(Br)cn2)c2ccsc2n1. The minimum atomic E-state index is 0.233. The van der Waals surface area contributed by atoms with Gasteiger partial charge < -0.3 is 0 Å². The lowest BCUT2D eigenvalue weighted by Gasteiger charge is -2.01. The molecule has 80 valence electrons. The number of rotatable bonds is 1. The third-order valence-electron chi connectivity index (χ3n) is 2.05. The van der Waals surface area contributed by atoms with Crippen LogP contribution in [0.1, 0.15) is 0 Å². The van der Waals surface area contributed by atoms with E-state index < -0.39 is 0 Å². The fourth-order valence-corrected chi connectivity index (χ4v) is 2.66. The predicted molar refractivity (Wildman–Crippen MR) is 67.2 cm³/mol. The highest BCUT2D eigenvalue weighted by Crippen LogP contribution is 2.25. The van der Waals surface area contributed by atoms with Gasteiger partial charge in [0.1, 0.15) is 4.83 Å². The first kappa shape index (κ1) is 10.2. The van der Waals surface area contributed by atoms with Crippen molar-refractivity contribution in [1.29, 1.82) is 0 Å². The number of thiophene rings is 1. The molecule has 0 unspecified atom stereocenters. The van der Waals surface area contributed by atoms with Crippen LogP contribution in [0.25, 0.3) is 16.0 Å². The minimum absolute atomic E-state index is 0.233. The van der Waals surface area contributed by atoms with Crippen LogP contribution in [0.2, 0.25) is 5.28 Å². The van der Waals surface area contributed by atoms with E-state index in [-0.39, 0.29) is 5.28 Å². The van der Waals surface area contributed by atoms with E-state index in [9.17, 15) is 0 Å². The van der Waals surface area contributed by atoms with E-state index in [2.05, 4.69) is 31.0 Å². The normalized spacial score (nSPS) is 11.1. The number of aromatic nitrogens is 4. The minimum Gasteiger partial charge on any atom is -0.221 e. The van der Waals surface area contributed by atoms with Crippen LogP contribution >= 0.6 is 38.9 Å². The Kier molecular flexibility index (Phi) is 2.42. The van der Waals surface area contributed by atoms with Crippen molar-refractivity contribution in [3.63, 3.8) is 0 Å². The molecule has 3 rings (SSSR count). The number of hydrogen-bond donors (Lipinski definition) is 0. The van der Waals surface area contributed by atoms with E-state index in [1.165, 1.54) is 11.3 Å². The molecule has 0 aromatic carbocycles. The van der Waals surface area contributed by atoms with E-state index in [1.807, 2.05) is 17.6 Å². The maximum absolute atomic E-state index is 5.87. The van der Waals surface area contributed by atoms with Gasteiger partial charge in [0.2, 0.25) is 5.28 Å². The van der Waals surface area contributed by atoms with E-state index in [4.69, 9.17) is 11.6 Å². The molecule has 0 N–H and O–H groups in total. The van der Waals surface area contributed by atoms with E-state index in [1.54, 1.807) is 10.9 Å². The number of hydrogen-bond acceptors (Lipinski definition) is 4. The van der Waals surface area contributed by atoms with Crippen LogP contribution in [0.15, 0.2) is 28.3 Å². The number of halogens is 2. The molecule has 3 aromatic heterocycles. The molecule has 0 atom stereocenters.